The molecule has 0 saturated heterocycles. The Hall–Kier alpha value is -3.92. The smallest absolute Gasteiger partial charge is 0.161 e. The fourth-order valence-corrected chi connectivity index (χ4v) is 6.39. The molecule has 4 heteroatoms. The highest BCUT2D eigenvalue weighted by Gasteiger charge is 2.13. The predicted molar refractivity (Wildman–Crippen MR) is 254 cm³/mol. The van der Waals surface area contributed by atoms with Gasteiger partial charge in [0.2, 0.25) is 0 Å². The van der Waals surface area contributed by atoms with Crippen molar-refractivity contribution in [3.63, 3.8) is 0 Å². The van der Waals surface area contributed by atoms with Gasteiger partial charge in [-0.15, -0.1) is 0 Å². The summed E-state index contributed by atoms with van der Waals surface area (Å²) >= 11 is 0. The summed E-state index contributed by atoms with van der Waals surface area (Å²) < 4.78 is 50.4. The topological polar surface area (TPSA) is 0 Å². The van der Waals surface area contributed by atoms with E-state index in [0.29, 0.717) is 22.3 Å². The van der Waals surface area contributed by atoms with Crippen LogP contribution in [0.15, 0.2) is 96.1 Å². The van der Waals surface area contributed by atoms with Crippen molar-refractivity contribution in [2.75, 3.05) is 0 Å². The van der Waals surface area contributed by atoms with Crippen LogP contribution in [0.4, 0.5) is 17.6 Å². The lowest BCUT2D eigenvalue weighted by Crippen LogP contribution is -2.08. The lowest BCUT2D eigenvalue weighted by molar-refractivity contribution is 0.308. The van der Waals surface area contributed by atoms with Gasteiger partial charge < -0.3 is 0 Å². The van der Waals surface area contributed by atoms with Crippen molar-refractivity contribution >= 4 is 0 Å². The molecule has 7 rings (SSSR count). The molecule has 2 unspecified atom stereocenters. The van der Waals surface area contributed by atoms with E-state index in [9.17, 15) is 17.6 Å². The number of aryl methyl sites for hydroxylation is 8. The summed E-state index contributed by atoms with van der Waals surface area (Å²) in [5.41, 5.74) is 9.89. The maximum Gasteiger partial charge on any atom is 0.161 e. The number of hydrogen-bond acceptors (Lipinski definition) is 0. The van der Waals surface area contributed by atoms with Crippen LogP contribution < -0.4 is 0 Å². The Bertz CT molecular complexity index is 1720. The Labute approximate surface area is 365 Å². The molecule has 2 atom stereocenters. The second-order valence-electron chi connectivity index (χ2n) is 18.2. The lowest BCUT2D eigenvalue weighted by atomic mass is 9.84. The average Bonchev–Trinajstić information content (AvgIpc) is 3.21. The third-order valence-corrected chi connectivity index (χ3v) is 11.4. The number of hydrogen-bond donors (Lipinski definition) is 0. The zero-order valence-corrected chi connectivity index (χ0v) is 40.0. The monoisotopic (exact) mass is 829 g/mol. The van der Waals surface area contributed by atoms with Gasteiger partial charge in [0.25, 0.3) is 0 Å². The van der Waals surface area contributed by atoms with Crippen LogP contribution in [0.25, 0.3) is 0 Å². The SMILES string of the molecule is CC1=CCC(C)CC1.CC1=CCC(C)CC1.CC1CCC(C)CC1.Cc1ccc(C)c(F)c1.Cc1ccc(C)c(F)c1.Cc1ccc(C)c(F)c1F.Cc1ccc(C)cc1. The van der Waals surface area contributed by atoms with E-state index in [0.717, 1.165) is 34.8 Å². The molecule has 0 bridgehead atoms. The summed E-state index contributed by atoms with van der Waals surface area (Å²) in [5, 5.41) is 0. The summed E-state index contributed by atoms with van der Waals surface area (Å²) in [4.78, 5) is 0. The Morgan fingerprint density at radius 2 is 0.633 bits per heavy atom. The fourth-order valence-electron chi connectivity index (χ4n) is 6.39. The zero-order chi connectivity index (χ0) is 45.4. The highest BCUT2D eigenvalue weighted by atomic mass is 19.2. The van der Waals surface area contributed by atoms with E-state index in [-0.39, 0.29) is 11.6 Å². The molecule has 0 amide bonds. The Morgan fingerprint density at radius 1 is 0.350 bits per heavy atom. The first-order chi connectivity index (χ1) is 28.2. The second kappa shape index (κ2) is 29.4. The Kier molecular flexibility index (Phi) is 26.5. The van der Waals surface area contributed by atoms with Gasteiger partial charge in [0.15, 0.2) is 11.6 Å². The molecule has 0 spiro atoms. The molecule has 0 radical (unpaired) electrons. The standard InChI is InChI=1S/C8H8F2.2C8H9F.C8H16.2C8H14.C8H10/c1-5-3-4-6(2)8(10)7(5)9;2*1-6-3-4-7(2)8(9)5-6;4*1-7-3-5-8(2)6-4-7/h3-4H,1-2H3;2*3-5H,1-2H3;7-8H,3-6H2,1-2H3;2*3,8H,4-6H2,1-2H3;3-6H,1-2H3. The first kappa shape index (κ1) is 54.1. The number of allylic oxidation sites excluding steroid dienone is 4. The largest absolute Gasteiger partial charge is 0.207 e. The molecule has 332 valence electrons. The average molecular weight is 829 g/mol. The van der Waals surface area contributed by atoms with Gasteiger partial charge in [-0.2, -0.15) is 0 Å². The quantitative estimate of drug-likeness (QED) is 0.122. The van der Waals surface area contributed by atoms with Gasteiger partial charge in [0.05, 0.1) is 0 Å². The highest BCUT2D eigenvalue weighted by Crippen LogP contribution is 2.27. The summed E-state index contributed by atoms with van der Waals surface area (Å²) in [7, 11) is 0. The molecule has 0 heterocycles. The van der Waals surface area contributed by atoms with E-state index >= 15 is 0 Å². The summed E-state index contributed by atoms with van der Waals surface area (Å²) in [6, 6.07) is 22.0. The molecule has 3 aliphatic carbocycles. The summed E-state index contributed by atoms with van der Waals surface area (Å²) in [5.74, 6) is 2.22. The van der Waals surface area contributed by atoms with Crippen LogP contribution in [0.1, 0.15) is 150 Å². The van der Waals surface area contributed by atoms with Crippen LogP contribution in [0.3, 0.4) is 0 Å². The summed E-state index contributed by atoms with van der Waals surface area (Å²) in [6.45, 7) is 28.4. The van der Waals surface area contributed by atoms with Crippen molar-refractivity contribution in [1.29, 1.82) is 0 Å². The van der Waals surface area contributed by atoms with Crippen molar-refractivity contribution in [2.45, 2.75) is 161 Å². The fraction of sp³-hybridized carbons (Fsp3) is 0.500. The molecular formula is C56H80F4. The third kappa shape index (κ3) is 24.4. The second-order valence-corrected chi connectivity index (χ2v) is 18.2. The number of benzene rings is 4. The molecule has 0 N–H and O–H groups in total. The van der Waals surface area contributed by atoms with Gasteiger partial charge in [-0.3, -0.25) is 0 Å². The van der Waals surface area contributed by atoms with Crippen LogP contribution in [0.5, 0.6) is 0 Å². The molecule has 4 aromatic carbocycles. The van der Waals surface area contributed by atoms with E-state index in [1.54, 1.807) is 49.3 Å². The van der Waals surface area contributed by atoms with Gasteiger partial charge in [0, 0.05) is 0 Å². The van der Waals surface area contributed by atoms with Gasteiger partial charge in [-0.1, -0.05) is 148 Å². The van der Waals surface area contributed by atoms with Crippen LogP contribution in [0.2, 0.25) is 0 Å². The van der Waals surface area contributed by atoms with E-state index in [1.165, 1.54) is 101 Å². The van der Waals surface area contributed by atoms with Gasteiger partial charge in [0.1, 0.15) is 11.6 Å². The van der Waals surface area contributed by atoms with E-state index in [4.69, 9.17) is 0 Å². The van der Waals surface area contributed by atoms with Crippen molar-refractivity contribution < 1.29 is 17.6 Å². The molecule has 60 heavy (non-hydrogen) atoms. The minimum absolute atomic E-state index is 0.116. The Balaban J connectivity index is 0.000000350. The molecule has 1 saturated carbocycles. The minimum atomic E-state index is -0.736. The van der Waals surface area contributed by atoms with E-state index in [1.807, 2.05) is 26.0 Å². The molecule has 0 aromatic heterocycles. The normalized spacial score (nSPS) is 19.0. The predicted octanol–water partition coefficient (Wildman–Crippen LogP) is 18.1. The molecule has 4 aromatic rings. The van der Waals surface area contributed by atoms with Crippen molar-refractivity contribution in [1.82, 2.24) is 0 Å². The van der Waals surface area contributed by atoms with Crippen LogP contribution >= 0.6 is 0 Å². The van der Waals surface area contributed by atoms with Crippen LogP contribution in [-0.4, -0.2) is 0 Å². The first-order valence-corrected chi connectivity index (χ1v) is 22.4. The first-order valence-electron chi connectivity index (χ1n) is 22.4. The third-order valence-electron chi connectivity index (χ3n) is 11.4. The molecular weight excluding hydrogens is 749 g/mol. The lowest BCUT2D eigenvalue weighted by Gasteiger charge is -2.22. The molecule has 3 aliphatic rings. The van der Waals surface area contributed by atoms with E-state index < -0.39 is 11.6 Å². The highest BCUT2D eigenvalue weighted by molar-refractivity contribution is 5.24. The Morgan fingerprint density at radius 3 is 0.867 bits per heavy atom. The molecule has 1 fully saturated rings. The van der Waals surface area contributed by atoms with E-state index in [2.05, 4.69) is 91.8 Å². The van der Waals surface area contributed by atoms with Crippen LogP contribution in [0, 0.1) is 102 Å². The minimum Gasteiger partial charge on any atom is -0.207 e. The zero-order valence-electron chi connectivity index (χ0n) is 40.0. The van der Waals surface area contributed by atoms with Gasteiger partial charge >= 0.3 is 0 Å². The maximum atomic E-state index is 12.6. The van der Waals surface area contributed by atoms with Crippen LogP contribution in [-0.2, 0) is 0 Å². The van der Waals surface area contributed by atoms with Gasteiger partial charge in [-0.05, 0) is 177 Å². The molecule has 0 nitrogen and oxygen atoms in total. The number of halogens is 4. The summed E-state index contributed by atoms with van der Waals surface area (Å²) in [6.07, 6.45) is 18.7. The van der Waals surface area contributed by atoms with Gasteiger partial charge in [-0.25, -0.2) is 17.6 Å². The van der Waals surface area contributed by atoms with Crippen molar-refractivity contribution in [3.05, 3.63) is 164 Å². The number of rotatable bonds is 0. The van der Waals surface area contributed by atoms with Crippen molar-refractivity contribution in [2.24, 2.45) is 23.7 Å². The molecule has 0 aliphatic heterocycles. The maximum absolute atomic E-state index is 12.6. The van der Waals surface area contributed by atoms with Crippen molar-refractivity contribution in [3.8, 4) is 0 Å².